The molecule has 13 nitrogen and oxygen atoms in total. The molecule has 2 aliphatic rings. The fourth-order valence-electron chi connectivity index (χ4n) is 7.17. The lowest BCUT2D eigenvalue weighted by molar-refractivity contribution is -0.0711. The number of hydrogen-bond acceptors (Lipinski definition) is 12. The van der Waals surface area contributed by atoms with E-state index in [2.05, 4.69) is 42.7 Å². The summed E-state index contributed by atoms with van der Waals surface area (Å²) in [7, 11) is -4.58. The van der Waals surface area contributed by atoms with Crippen LogP contribution in [0.25, 0.3) is 32.2 Å². The molecule has 7 rings (SSSR count). The molecule has 1 aromatic carbocycles. The molecule has 0 atom stereocenters. The average Bonchev–Trinajstić information content (AvgIpc) is 3.58. The number of fused-ring (bicyclic) bond motifs is 2. The largest absolute Gasteiger partial charge is 0.378 e. The molecular formula is C38H35ClF2N8O5S2. The van der Waals surface area contributed by atoms with Gasteiger partial charge in [0, 0.05) is 59.0 Å². The lowest BCUT2D eigenvalue weighted by Crippen LogP contribution is -2.54. The van der Waals surface area contributed by atoms with Crippen LogP contribution in [0, 0.1) is 30.1 Å². The van der Waals surface area contributed by atoms with Crippen molar-refractivity contribution in [2.75, 3.05) is 43.5 Å². The molecule has 18 heteroatoms. The third kappa shape index (κ3) is 7.83. The van der Waals surface area contributed by atoms with E-state index in [1.54, 1.807) is 42.1 Å². The number of carbonyl (C=O) groups is 1. The van der Waals surface area contributed by atoms with Gasteiger partial charge in [0.05, 0.1) is 58.7 Å². The van der Waals surface area contributed by atoms with Gasteiger partial charge < -0.3 is 9.64 Å². The highest BCUT2D eigenvalue weighted by atomic mass is 35.5. The first-order valence-corrected chi connectivity index (χ1v) is 20.7. The van der Waals surface area contributed by atoms with Crippen LogP contribution in [-0.2, 0) is 21.3 Å². The Bertz CT molecular complexity index is 2620. The van der Waals surface area contributed by atoms with Gasteiger partial charge in [-0.1, -0.05) is 23.4 Å². The van der Waals surface area contributed by atoms with E-state index in [4.69, 9.17) is 16.3 Å². The number of anilines is 1. The van der Waals surface area contributed by atoms with Gasteiger partial charge in [0.2, 0.25) is 10.0 Å². The van der Waals surface area contributed by atoms with E-state index in [-0.39, 0.29) is 34.6 Å². The maximum absolute atomic E-state index is 14.2. The Balaban J connectivity index is 1.19. The zero-order valence-electron chi connectivity index (χ0n) is 30.3. The molecule has 0 aliphatic carbocycles. The predicted molar refractivity (Wildman–Crippen MR) is 210 cm³/mol. The fraction of sp³-hybridized carbons (Fsp3) is 0.368. The van der Waals surface area contributed by atoms with Gasteiger partial charge in [0.1, 0.15) is 29.0 Å². The number of nitriles is 1. The van der Waals surface area contributed by atoms with Crippen LogP contribution in [0.4, 0.5) is 14.6 Å². The molecule has 0 bridgehead atoms. The highest BCUT2D eigenvalue weighted by molar-refractivity contribution is 7.90. The van der Waals surface area contributed by atoms with Gasteiger partial charge in [0.15, 0.2) is 0 Å². The van der Waals surface area contributed by atoms with Crippen molar-refractivity contribution in [1.82, 2.24) is 29.1 Å². The van der Waals surface area contributed by atoms with Crippen LogP contribution in [-0.4, -0.2) is 95.9 Å². The third-order valence-corrected chi connectivity index (χ3v) is 12.4. The quantitative estimate of drug-likeness (QED) is 0.189. The van der Waals surface area contributed by atoms with Crippen molar-refractivity contribution in [2.24, 2.45) is 0 Å². The minimum absolute atomic E-state index is 0.0544. The van der Waals surface area contributed by atoms with Gasteiger partial charge in [-0.05, 0) is 51.0 Å². The molecule has 4 aromatic heterocycles. The van der Waals surface area contributed by atoms with E-state index in [1.165, 1.54) is 16.1 Å². The van der Waals surface area contributed by atoms with Gasteiger partial charge in [-0.15, -0.1) is 11.3 Å². The van der Waals surface area contributed by atoms with Gasteiger partial charge in [-0.3, -0.25) is 24.0 Å². The molecule has 290 valence electrons. The van der Waals surface area contributed by atoms with Crippen molar-refractivity contribution in [1.29, 1.82) is 5.26 Å². The number of carbonyl (C=O) groups excluding carboxylic acids is 1. The molecular weight excluding hydrogens is 786 g/mol. The number of nitrogens with zero attached hydrogens (tertiary/aromatic N) is 7. The number of ether oxygens (including phenoxy) is 1. The maximum Gasteiger partial charge on any atom is 0.267 e. The number of nitrogens with one attached hydrogen (secondary N) is 1. The van der Waals surface area contributed by atoms with Crippen LogP contribution in [0.5, 0.6) is 0 Å². The van der Waals surface area contributed by atoms with E-state index >= 15 is 0 Å². The van der Waals surface area contributed by atoms with Crippen molar-refractivity contribution in [2.45, 2.75) is 51.7 Å². The summed E-state index contributed by atoms with van der Waals surface area (Å²) in [6.45, 7) is 7.62. The first-order valence-electron chi connectivity index (χ1n) is 17.8. The number of likely N-dealkylation sites (tertiary alicyclic amines) is 1. The first-order chi connectivity index (χ1) is 26.9. The van der Waals surface area contributed by atoms with Crippen LogP contribution in [0.3, 0.4) is 0 Å². The normalized spacial score (nSPS) is 15.4. The van der Waals surface area contributed by atoms with E-state index in [9.17, 15) is 32.0 Å². The van der Waals surface area contributed by atoms with E-state index in [1.807, 2.05) is 6.92 Å². The molecule has 56 heavy (non-hydrogen) atoms. The molecule has 2 fully saturated rings. The lowest BCUT2D eigenvalue weighted by Gasteiger charge is -2.44. The lowest BCUT2D eigenvalue weighted by atomic mass is 10.00. The Morgan fingerprint density at radius 2 is 1.96 bits per heavy atom. The number of alkyl halides is 2. The Hall–Kier alpha value is -5.04. The summed E-state index contributed by atoms with van der Waals surface area (Å²) in [6.07, 6.45) is 1.62. The fourth-order valence-corrected chi connectivity index (χ4v) is 9.18. The first kappa shape index (κ1) is 39.2. The number of hydrogen-bond donors (Lipinski definition) is 1. The van der Waals surface area contributed by atoms with Gasteiger partial charge in [-0.25, -0.2) is 31.9 Å². The van der Waals surface area contributed by atoms with Crippen molar-refractivity contribution in [3.8, 4) is 29.0 Å². The zero-order chi connectivity index (χ0) is 39.7. The summed E-state index contributed by atoms with van der Waals surface area (Å²) in [6, 6.07) is 9.61. The standard InChI is InChI=1S/C38H35ClF2N8O5S2/c1-3-48(25-9-13-47(14-10-25)26-18-54-19-26)36-29(16-42)33-31(17-44-36)45-22(2)49(38(33)51)12-4-5-23-6-7-24(39)15-28(23)27-8-11-43-34-30(20-55-35(27)34)37(50)46-56(52,53)21-32(40)41/h6-8,11,15,17,20,25-26,32H,3,9-10,12-14,18-19,21H2,1-2H3,(H,46,50). The highest BCUT2D eigenvalue weighted by Gasteiger charge is 2.33. The van der Waals surface area contributed by atoms with Crippen LogP contribution in [0.2, 0.25) is 5.02 Å². The summed E-state index contributed by atoms with van der Waals surface area (Å²) in [5.74, 6) is 4.45. The molecule has 1 amide bonds. The average molecular weight is 821 g/mol. The second kappa shape index (κ2) is 16.2. The summed E-state index contributed by atoms with van der Waals surface area (Å²) >= 11 is 7.53. The molecule has 0 unspecified atom stereocenters. The zero-order valence-corrected chi connectivity index (χ0v) is 32.6. The van der Waals surface area contributed by atoms with Gasteiger partial charge in [0.25, 0.3) is 17.9 Å². The monoisotopic (exact) mass is 820 g/mol. The number of amides is 1. The summed E-state index contributed by atoms with van der Waals surface area (Å²) in [5, 5.41) is 12.4. The van der Waals surface area contributed by atoms with Crippen molar-refractivity contribution in [3.05, 3.63) is 79.9 Å². The molecule has 2 aliphatic heterocycles. The molecule has 5 aromatic rings. The smallest absolute Gasteiger partial charge is 0.267 e. The van der Waals surface area contributed by atoms with E-state index in [0.29, 0.717) is 56.2 Å². The number of thiophene rings is 1. The number of benzene rings is 1. The second-order valence-corrected chi connectivity index (χ2v) is 16.5. The Morgan fingerprint density at radius 1 is 1.20 bits per heavy atom. The highest BCUT2D eigenvalue weighted by Crippen LogP contribution is 2.37. The maximum atomic E-state index is 14.2. The number of rotatable bonds is 10. The van der Waals surface area contributed by atoms with Crippen molar-refractivity contribution in [3.63, 3.8) is 0 Å². The Morgan fingerprint density at radius 3 is 2.64 bits per heavy atom. The third-order valence-electron chi connectivity index (χ3n) is 10.00. The summed E-state index contributed by atoms with van der Waals surface area (Å²) < 4.78 is 58.6. The van der Waals surface area contributed by atoms with Gasteiger partial charge in [-0.2, -0.15) is 5.26 Å². The number of aryl methyl sites for hydroxylation is 1. The summed E-state index contributed by atoms with van der Waals surface area (Å²) in [4.78, 5) is 45.1. The number of aromatic nitrogens is 4. The molecule has 0 spiro atoms. The Labute approximate surface area is 329 Å². The minimum Gasteiger partial charge on any atom is -0.378 e. The number of sulfonamides is 1. The SMILES string of the molecule is CCN(c1ncc2nc(C)n(CC#Cc3ccc(Cl)cc3-c3ccnc4c(C(=O)NS(=O)(=O)CC(F)F)csc34)c(=O)c2c1C#N)C1CCN(C2COC2)CC1. The number of pyridine rings is 2. The van der Waals surface area contributed by atoms with E-state index in [0.717, 1.165) is 50.5 Å². The van der Waals surface area contributed by atoms with Gasteiger partial charge >= 0.3 is 0 Å². The van der Waals surface area contributed by atoms with Crippen LogP contribution < -0.4 is 15.2 Å². The number of piperidine rings is 1. The van der Waals surface area contributed by atoms with Crippen molar-refractivity contribution < 1.29 is 26.7 Å². The van der Waals surface area contributed by atoms with Crippen LogP contribution >= 0.6 is 22.9 Å². The topological polar surface area (TPSA) is 163 Å². The molecule has 0 saturated carbocycles. The van der Waals surface area contributed by atoms with Crippen molar-refractivity contribution >= 4 is 65.8 Å². The molecule has 0 radical (unpaired) electrons. The van der Waals surface area contributed by atoms with E-state index < -0.39 is 33.7 Å². The number of halogens is 3. The second-order valence-electron chi connectivity index (χ2n) is 13.4. The predicted octanol–water partition coefficient (Wildman–Crippen LogP) is 4.97. The molecule has 6 heterocycles. The summed E-state index contributed by atoms with van der Waals surface area (Å²) in [5.41, 5.74) is 1.85. The molecule has 1 N–H and O–H groups in total. The van der Waals surface area contributed by atoms with Crippen LogP contribution in [0.15, 0.2) is 46.8 Å². The molecule has 2 saturated heterocycles. The van der Waals surface area contributed by atoms with Crippen LogP contribution in [0.1, 0.15) is 47.1 Å². The minimum atomic E-state index is -4.58. The Kier molecular flexibility index (Phi) is 11.3.